The van der Waals surface area contributed by atoms with E-state index in [1.807, 2.05) is 12.1 Å². The number of hydrogen-bond donors (Lipinski definition) is 0. The predicted octanol–water partition coefficient (Wildman–Crippen LogP) is 4.81. The minimum absolute atomic E-state index is 0.193. The fourth-order valence-electron chi connectivity index (χ4n) is 3.16. The number of halogens is 1. The quantitative estimate of drug-likeness (QED) is 0.668. The van der Waals surface area contributed by atoms with Crippen molar-refractivity contribution < 1.29 is 18.7 Å². The molecule has 1 aliphatic rings. The minimum atomic E-state index is -0.992. The summed E-state index contributed by atoms with van der Waals surface area (Å²) in [6.07, 6.45) is -0.509. The summed E-state index contributed by atoms with van der Waals surface area (Å²) in [5.74, 6) is 5.13. The maximum absolute atomic E-state index is 13.3. The first kappa shape index (κ1) is 19.6. The molecule has 1 atom stereocenters. The van der Waals surface area contributed by atoms with Crippen LogP contribution in [-0.4, -0.2) is 17.6 Å². The van der Waals surface area contributed by atoms with Crippen molar-refractivity contribution in [3.05, 3.63) is 65.5 Å². The molecule has 0 saturated carbocycles. The molecule has 3 rings (SSSR count). The van der Waals surface area contributed by atoms with Crippen LogP contribution >= 0.6 is 0 Å². The first-order valence-corrected chi connectivity index (χ1v) is 9.03. The number of anilines is 1. The van der Waals surface area contributed by atoms with Gasteiger partial charge < -0.3 is 4.74 Å². The van der Waals surface area contributed by atoms with Crippen molar-refractivity contribution in [1.29, 1.82) is 0 Å². The van der Waals surface area contributed by atoms with Gasteiger partial charge in [0, 0.05) is 12.0 Å². The zero-order valence-corrected chi connectivity index (χ0v) is 16.4. The van der Waals surface area contributed by atoms with Crippen LogP contribution in [-0.2, 0) is 14.9 Å². The fourth-order valence-corrected chi connectivity index (χ4v) is 3.16. The van der Waals surface area contributed by atoms with E-state index in [1.54, 1.807) is 52.0 Å². The lowest BCUT2D eigenvalue weighted by Gasteiger charge is -2.25. The molecule has 0 saturated heterocycles. The highest BCUT2D eigenvalue weighted by atomic mass is 19.1. The van der Waals surface area contributed by atoms with Gasteiger partial charge in [0.15, 0.2) is 0 Å². The summed E-state index contributed by atoms with van der Waals surface area (Å²) in [4.78, 5) is 27.0. The highest BCUT2D eigenvalue weighted by Gasteiger charge is 2.50. The average Bonchev–Trinajstić information content (AvgIpc) is 2.82. The largest absolute Gasteiger partial charge is 0.443 e. The molecule has 2 amide bonds. The molecule has 0 N–H and O–H groups in total. The molecule has 0 bridgehead atoms. The monoisotopic (exact) mass is 379 g/mol. The van der Waals surface area contributed by atoms with Crippen molar-refractivity contribution in [2.75, 3.05) is 4.90 Å². The summed E-state index contributed by atoms with van der Waals surface area (Å²) in [6.45, 7) is 7.02. The SMILES string of the molecule is CC(C)(C)OC(=O)N1C(=O)[C@@](C)(CC#Cc2cccc(F)c2)c2ccccc21. The molecule has 0 radical (unpaired) electrons. The number of ether oxygens (including phenoxy) is 1. The van der Waals surface area contributed by atoms with E-state index >= 15 is 0 Å². The number of fused-ring (bicyclic) bond motifs is 1. The van der Waals surface area contributed by atoms with Gasteiger partial charge in [0.05, 0.1) is 11.1 Å². The Morgan fingerprint density at radius 1 is 1.18 bits per heavy atom. The lowest BCUT2D eigenvalue weighted by molar-refractivity contribution is -0.122. The van der Waals surface area contributed by atoms with Crippen LogP contribution in [0.15, 0.2) is 48.5 Å². The highest BCUT2D eigenvalue weighted by molar-refractivity contribution is 6.21. The van der Waals surface area contributed by atoms with E-state index in [4.69, 9.17) is 4.74 Å². The third-order valence-corrected chi connectivity index (χ3v) is 4.49. The van der Waals surface area contributed by atoms with E-state index in [-0.39, 0.29) is 18.1 Å². The van der Waals surface area contributed by atoms with Gasteiger partial charge in [0.1, 0.15) is 11.4 Å². The van der Waals surface area contributed by atoms with Crippen LogP contribution in [0.5, 0.6) is 0 Å². The Bertz CT molecular complexity index is 997. The Labute approximate surface area is 164 Å². The Balaban J connectivity index is 1.93. The number of amides is 2. The van der Waals surface area contributed by atoms with Gasteiger partial charge in [-0.25, -0.2) is 14.1 Å². The van der Waals surface area contributed by atoms with Gasteiger partial charge in [-0.05, 0) is 57.5 Å². The van der Waals surface area contributed by atoms with Crippen LogP contribution in [0.2, 0.25) is 0 Å². The number of carbonyl (C=O) groups excluding carboxylic acids is 2. The van der Waals surface area contributed by atoms with Crippen LogP contribution in [0, 0.1) is 17.7 Å². The molecule has 5 heteroatoms. The first-order chi connectivity index (χ1) is 13.1. The Morgan fingerprint density at radius 2 is 1.89 bits per heavy atom. The van der Waals surface area contributed by atoms with Crippen molar-refractivity contribution in [3.8, 4) is 11.8 Å². The maximum atomic E-state index is 13.3. The molecular weight excluding hydrogens is 357 g/mol. The van der Waals surface area contributed by atoms with Gasteiger partial charge >= 0.3 is 6.09 Å². The zero-order valence-electron chi connectivity index (χ0n) is 16.4. The molecule has 0 aliphatic carbocycles. The third-order valence-electron chi connectivity index (χ3n) is 4.49. The molecule has 4 nitrogen and oxygen atoms in total. The molecular formula is C23H22FNO3. The van der Waals surface area contributed by atoms with E-state index in [0.29, 0.717) is 11.3 Å². The summed E-state index contributed by atoms with van der Waals surface area (Å²) in [7, 11) is 0. The predicted molar refractivity (Wildman–Crippen MR) is 105 cm³/mol. The number of para-hydroxylation sites is 1. The van der Waals surface area contributed by atoms with Gasteiger partial charge in [0.2, 0.25) is 5.91 Å². The molecule has 28 heavy (non-hydrogen) atoms. The standard InChI is InChI=1S/C23H22FNO3/c1-22(2,3)28-21(27)25-19-13-6-5-12-18(19)23(4,20(25)26)14-8-10-16-9-7-11-17(24)15-16/h5-7,9,11-13,15H,14H2,1-4H3/t23-/m0/s1. The van der Waals surface area contributed by atoms with Crippen molar-refractivity contribution in [1.82, 2.24) is 0 Å². The zero-order chi connectivity index (χ0) is 20.5. The van der Waals surface area contributed by atoms with Crippen LogP contribution < -0.4 is 4.90 Å². The lowest BCUT2D eigenvalue weighted by Crippen LogP contribution is -2.44. The second kappa shape index (κ2) is 7.12. The van der Waals surface area contributed by atoms with Crippen LogP contribution in [0.1, 0.15) is 45.2 Å². The minimum Gasteiger partial charge on any atom is -0.443 e. The Kier molecular flexibility index (Phi) is 4.99. The maximum Gasteiger partial charge on any atom is 0.421 e. The molecule has 1 aliphatic heterocycles. The van der Waals surface area contributed by atoms with Crippen LogP contribution in [0.25, 0.3) is 0 Å². The van der Waals surface area contributed by atoms with E-state index < -0.39 is 17.1 Å². The molecule has 0 spiro atoms. The summed E-state index contributed by atoms with van der Waals surface area (Å²) in [5.41, 5.74) is 0.0542. The molecule has 1 heterocycles. The van der Waals surface area contributed by atoms with E-state index in [9.17, 15) is 14.0 Å². The highest BCUT2D eigenvalue weighted by Crippen LogP contribution is 2.44. The number of rotatable bonds is 1. The summed E-state index contributed by atoms with van der Waals surface area (Å²) >= 11 is 0. The Hall–Kier alpha value is -3.13. The van der Waals surface area contributed by atoms with Crippen molar-refractivity contribution in [2.24, 2.45) is 0 Å². The summed E-state index contributed by atoms with van der Waals surface area (Å²) < 4.78 is 18.7. The van der Waals surface area contributed by atoms with Crippen LogP contribution in [0.3, 0.4) is 0 Å². The second-order valence-electron chi connectivity index (χ2n) is 7.96. The average molecular weight is 379 g/mol. The number of imide groups is 1. The molecule has 144 valence electrons. The van der Waals surface area contributed by atoms with Gasteiger partial charge in [-0.1, -0.05) is 36.1 Å². The summed E-state index contributed by atoms with van der Waals surface area (Å²) in [6, 6.07) is 13.1. The third kappa shape index (κ3) is 3.77. The lowest BCUT2D eigenvalue weighted by atomic mass is 9.81. The van der Waals surface area contributed by atoms with E-state index in [2.05, 4.69) is 11.8 Å². The molecule has 0 fully saturated rings. The number of hydrogen-bond acceptors (Lipinski definition) is 3. The number of carbonyl (C=O) groups is 2. The van der Waals surface area contributed by atoms with E-state index in [1.165, 1.54) is 12.1 Å². The van der Waals surface area contributed by atoms with Crippen LogP contribution in [0.4, 0.5) is 14.9 Å². The fraction of sp³-hybridized carbons (Fsp3) is 0.304. The smallest absolute Gasteiger partial charge is 0.421 e. The van der Waals surface area contributed by atoms with E-state index in [0.717, 1.165) is 10.5 Å². The van der Waals surface area contributed by atoms with Gasteiger partial charge in [-0.3, -0.25) is 4.79 Å². The summed E-state index contributed by atoms with van der Waals surface area (Å²) in [5, 5.41) is 0. The molecule has 0 aromatic heterocycles. The molecule has 2 aromatic carbocycles. The number of nitrogens with zero attached hydrogens (tertiary/aromatic N) is 1. The van der Waals surface area contributed by atoms with Gasteiger partial charge in [0.25, 0.3) is 0 Å². The second-order valence-corrected chi connectivity index (χ2v) is 7.96. The van der Waals surface area contributed by atoms with Crippen molar-refractivity contribution in [2.45, 2.75) is 45.1 Å². The van der Waals surface area contributed by atoms with Crippen molar-refractivity contribution in [3.63, 3.8) is 0 Å². The van der Waals surface area contributed by atoms with Gasteiger partial charge in [-0.2, -0.15) is 0 Å². The Morgan fingerprint density at radius 3 is 2.57 bits per heavy atom. The normalized spacial score (nSPS) is 18.3. The first-order valence-electron chi connectivity index (χ1n) is 9.03. The molecule has 0 unspecified atom stereocenters. The molecule has 2 aromatic rings. The van der Waals surface area contributed by atoms with Gasteiger partial charge in [-0.15, -0.1) is 0 Å². The topological polar surface area (TPSA) is 46.6 Å². The van der Waals surface area contributed by atoms with Crippen molar-refractivity contribution >= 4 is 17.7 Å². The number of benzene rings is 2.